The number of ether oxygens (including phenoxy) is 4. The normalized spacial score (nSPS) is 11.7. The Hall–Kier alpha value is -4.43. The number of hydrogen-bond donors (Lipinski definition) is 2. The summed E-state index contributed by atoms with van der Waals surface area (Å²) in [5.74, 6) is 0.427. The van der Waals surface area contributed by atoms with E-state index in [-0.39, 0.29) is 43.6 Å². The highest BCUT2D eigenvalue weighted by Crippen LogP contribution is 2.37. The molecule has 0 heterocycles. The molecule has 0 unspecified atom stereocenters. The van der Waals surface area contributed by atoms with Gasteiger partial charge in [0.15, 0.2) is 5.75 Å². The first-order valence-electron chi connectivity index (χ1n) is 21.5. The molecular weight excluding hydrogens is 845 g/mol. The van der Waals surface area contributed by atoms with Gasteiger partial charge in [-0.05, 0) is 86.4 Å². The Morgan fingerprint density at radius 1 is 0.613 bits per heavy atom. The van der Waals surface area contributed by atoms with Crippen LogP contribution in [-0.2, 0) is 36.0 Å². The van der Waals surface area contributed by atoms with Gasteiger partial charge in [-0.25, -0.2) is 9.59 Å². The number of carbonyl (C=O) groups is 2. The van der Waals surface area contributed by atoms with Crippen molar-refractivity contribution in [2.45, 2.75) is 80.3 Å². The summed E-state index contributed by atoms with van der Waals surface area (Å²) < 4.78 is 57.6. The molecule has 0 saturated heterocycles. The van der Waals surface area contributed by atoms with Gasteiger partial charge in [-0.15, -0.1) is 10.2 Å². The lowest BCUT2D eigenvalue weighted by molar-refractivity contribution is -0.384. The highest BCUT2D eigenvalue weighted by Gasteiger charge is 2.40. The molecule has 2 N–H and O–H groups in total. The second-order valence-electron chi connectivity index (χ2n) is 12.9. The van der Waals surface area contributed by atoms with Gasteiger partial charge in [-0.2, -0.15) is 0 Å². The van der Waals surface area contributed by atoms with Gasteiger partial charge in [0.2, 0.25) is 0 Å². The maximum Gasteiger partial charge on any atom is 0.500 e. The number of nitrogens with zero attached hydrogens (tertiary/aromatic N) is 4. The van der Waals surface area contributed by atoms with Crippen LogP contribution in [0.2, 0.25) is 12.1 Å². The van der Waals surface area contributed by atoms with Gasteiger partial charge in [-0.3, -0.25) is 10.1 Å². The summed E-state index contributed by atoms with van der Waals surface area (Å²) in [6.45, 7) is 20.0. The number of non-ortho nitro benzene ring substituents is 1. The number of azo groups is 1. The molecule has 0 bridgehead atoms. The minimum Gasteiger partial charge on any atom is -0.488 e. The van der Waals surface area contributed by atoms with Crippen molar-refractivity contribution < 1.29 is 60.0 Å². The van der Waals surface area contributed by atoms with Gasteiger partial charge >= 0.3 is 29.8 Å². The number of nitrogens with one attached hydrogen (secondary N) is 2. The molecule has 0 spiro atoms. The molecule has 0 saturated carbocycles. The Morgan fingerprint density at radius 2 is 1.02 bits per heavy atom. The van der Waals surface area contributed by atoms with Crippen molar-refractivity contribution >= 4 is 52.5 Å². The number of nitro benzene ring substituents is 1. The van der Waals surface area contributed by atoms with Crippen LogP contribution < -0.4 is 25.0 Å². The topological polar surface area (TPSA) is 222 Å². The van der Waals surface area contributed by atoms with E-state index in [2.05, 4.69) is 25.8 Å². The van der Waals surface area contributed by atoms with Gasteiger partial charge in [0, 0.05) is 95.7 Å². The van der Waals surface area contributed by atoms with E-state index < -0.39 is 34.7 Å². The standard InChI is InChI=1S/C40H68N6O14Si2/c1-9-45(10-2)33-19-21-35(37(31-33)51-25-27-53-39(47)41-23-17-29-61(55-11-3,56-12-4)57-13-5)43-44-36-22-20-34(46(49)50)32-38(36)52-26-28-54-40(48)42-24-18-30-62(58-14-6,59-15-7)60-16-8/h19-22,31-32H,9-18,23-30H2,1-8H3,(H,41,47)(H,42,48). The summed E-state index contributed by atoms with van der Waals surface area (Å²) in [6, 6.07) is 10.4. The maximum absolute atomic E-state index is 12.5. The van der Waals surface area contributed by atoms with Crippen molar-refractivity contribution in [3.8, 4) is 11.5 Å². The van der Waals surface area contributed by atoms with Crippen LogP contribution in [0.15, 0.2) is 46.6 Å². The minimum atomic E-state index is -2.83. The summed E-state index contributed by atoms with van der Waals surface area (Å²) in [7, 11) is -5.65. The highest BCUT2D eigenvalue weighted by atomic mass is 28.4. The van der Waals surface area contributed by atoms with E-state index in [0.717, 1.165) is 18.8 Å². The lowest BCUT2D eigenvalue weighted by atomic mass is 10.2. The quantitative estimate of drug-likeness (QED) is 0.0224. The average Bonchev–Trinajstić information content (AvgIpc) is 3.25. The Morgan fingerprint density at radius 3 is 1.40 bits per heavy atom. The first kappa shape index (κ1) is 53.7. The maximum atomic E-state index is 12.5. The molecular formula is C40H68N6O14Si2. The van der Waals surface area contributed by atoms with Crippen LogP contribution in [0.3, 0.4) is 0 Å². The van der Waals surface area contributed by atoms with Crippen molar-refractivity contribution in [1.29, 1.82) is 0 Å². The number of nitro groups is 1. The van der Waals surface area contributed by atoms with Crippen molar-refractivity contribution in [3.05, 3.63) is 46.5 Å². The van der Waals surface area contributed by atoms with Crippen molar-refractivity contribution in [1.82, 2.24) is 10.6 Å². The molecule has 0 aromatic heterocycles. The Labute approximate surface area is 368 Å². The molecule has 2 aromatic rings. The van der Waals surface area contributed by atoms with Crippen LogP contribution in [-0.4, -0.2) is 127 Å². The second-order valence-corrected chi connectivity index (χ2v) is 18.4. The van der Waals surface area contributed by atoms with E-state index in [4.69, 9.17) is 45.5 Å². The Balaban J connectivity index is 2.05. The molecule has 0 aliphatic rings. The van der Waals surface area contributed by atoms with Crippen molar-refractivity contribution in [2.24, 2.45) is 10.2 Å². The molecule has 2 rings (SSSR count). The number of anilines is 1. The number of alkyl carbamates (subject to hydrolysis) is 2. The average molecular weight is 913 g/mol. The van der Waals surface area contributed by atoms with Crippen LogP contribution in [0, 0.1) is 10.1 Å². The highest BCUT2D eigenvalue weighted by molar-refractivity contribution is 6.61. The Bertz CT molecular complexity index is 1610. The monoisotopic (exact) mass is 912 g/mol. The third kappa shape index (κ3) is 19.3. The van der Waals surface area contributed by atoms with Gasteiger partial charge in [0.1, 0.15) is 43.6 Å². The molecule has 0 aliphatic heterocycles. The smallest absolute Gasteiger partial charge is 0.488 e. The van der Waals surface area contributed by atoms with Crippen LogP contribution >= 0.6 is 0 Å². The SMILES string of the molecule is CCO[Si](CCCNC(=O)OCCOc1cc(N(CC)CC)ccc1N=Nc1ccc([N+](=O)[O-])cc1OCCOC(=O)NCCC[Si](OCC)(OCC)OCC)(OCC)OCC. The lowest BCUT2D eigenvalue weighted by Crippen LogP contribution is -2.46. The first-order chi connectivity index (χ1) is 30.0. The van der Waals surface area contributed by atoms with E-state index in [1.165, 1.54) is 18.2 Å². The van der Waals surface area contributed by atoms with E-state index in [1.54, 1.807) is 6.07 Å². The van der Waals surface area contributed by atoms with Crippen LogP contribution in [0.5, 0.6) is 11.5 Å². The summed E-state index contributed by atoms with van der Waals surface area (Å²) >= 11 is 0. The summed E-state index contributed by atoms with van der Waals surface area (Å²) in [6.07, 6.45) is -0.114. The lowest BCUT2D eigenvalue weighted by Gasteiger charge is -2.28. The van der Waals surface area contributed by atoms with Crippen LogP contribution in [0.1, 0.15) is 68.2 Å². The fourth-order valence-corrected chi connectivity index (χ4v) is 11.3. The molecule has 0 atom stereocenters. The summed E-state index contributed by atoms with van der Waals surface area (Å²) in [5.41, 5.74) is 1.20. The largest absolute Gasteiger partial charge is 0.500 e. The molecule has 62 heavy (non-hydrogen) atoms. The zero-order valence-electron chi connectivity index (χ0n) is 37.7. The summed E-state index contributed by atoms with van der Waals surface area (Å²) in [4.78, 5) is 38.0. The molecule has 2 aromatic carbocycles. The van der Waals surface area contributed by atoms with E-state index in [1.807, 2.05) is 67.5 Å². The molecule has 22 heteroatoms. The molecule has 350 valence electrons. The van der Waals surface area contributed by atoms with Gasteiger partial charge in [-0.1, -0.05) is 0 Å². The third-order valence-corrected chi connectivity index (χ3v) is 15.0. The van der Waals surface area contributed by atoms with Crippen molar-refractivity contribution in [2.75, 3.05) is 97.1 Å². The zero-order chi connectivity index (χ0) is 45.6. The van der Waals surface area contributed by atoms with Gasteiger partial charge in [0.25, 0.3) is 5.69 Å². The van der Waals surface area contributed by atoms with E-state index >= 15 is 0 Å². The number of rotatable bonds is 34. The number of carbonyl (C=O) groups excluding carboxylic acids is 2. The molecule has 2 amide bonds. The van der Waals surface area contributed by atoms with E-state index in [0.29, 0.717) is 89.1 Å². The summed E-state index contributed by atoms with van der Waals surface area (Å²) in [5, 5.41) is 25.8. The van der Waals surface area contributed by atoms with E-state index in [9.17, 15) is 19.7 Å². The Kier molecular flexibility index (Phi) is 26.5. The molecule has 0 radical (unpaired) electrons. The fourth-order valence-electron chi connectivity index (χ4n) is 6.08. The predicted molar refractivity (Wildman–Crippen MR) is 237 cm³/mol. The molecule has 20 nitrogen and oxygen atoms in total. The van der Waals surface area contributed by atoms with Gasteiger partial charge < -0.3 is 61.0 Å². The second kappa shape index (κ2) is 30.6. The first-order valence-corrected chi connectivity index (χ1v) is 25.3. The van der Waals surface area contributed by atoms with Gasteiger partial charge in [0.05, 0.1) is 11.0 Å². The molecule has 0 aliphatic carbocycles. The van der Waals surface area contributed by atoms with Crippen LogP contribution in [0.25, 0.3) is 0 Å². The zero-order valence-corrected chi connectivity index (χ0v) is 39.7. The fraction of sp³-hybridized carbons (Fsp3) is 0.650. The minimum absolute atomic E-state index is 0.0164. The van der Waals surface area contributed by atoms with Crippen LogP contribution in [0.4, 0.5) is 32.3 Å². The third-order valence-electron chi connectivity index (χ3n) is 8.68. The van der Waals surface area contributed by atoms with Crippen molar-refractivity contribution in [3.63, 3.8) is 0 Å². The predicted octanol–water partition coefficient (Wildman–Crippen LogP) is 7.94. The number of benzene rings is 2. The number of amides is 2. The number of hydrogen-bond acceptors (Lipinski definition) is 17. The molecule has 0 fully saturated rings.